The van der Waals surface area contributed by atoms with Gasteiger partial charge in [-0.05, 0) is 53.3 Å². The van der Waals surface area contributed by atoms with Crippen LogP contribution in [0.5, 0.6) is 0 Å². The van der Waals surface area contributed by atoms with Crippen LogP contribution >= 0.6 is 0 Å². The van der Waals surface area contributed by atoms with Crippen LogP contribution in [0.25, 0.3) is 10.9 Å². The first-order valence-corrected chi connectivity index (χ1v) is 14.7. The van der Waals surface area contributed by atoms with E-state index in [4.69, 9.17) is 10.8 Å². The van der Waals surface area contributed by atoms with Gasteiger partial charge in [-0.15, -0.1) is 10.2 Å². The number of rotatable bonds is 11. The van der Waals surface area contributed by atoms with Crippen molar-refractivity contribution in [2.45, 2.75) is 45.2 Å². The summed E-state index contributed by atoms with van der Waals surface area (Å²) in [7, 11) is 0. The lowest BCUT2D eigenvalue weighted by molar-refractivity contribution is 0.0934. The molecule has 8 heteroatoms. The highest BCUT2D eigenvalue weighted by molar-refractivity contribution is 5.98. The number of carbonyl (C=O) groups is 1. The quantitative estimate of drug-likeness (QED) is 0.181. The molecule has 43 heavy (non-hydrogen) atoms. The number of nitrogen functional groups attached to an aromatic ring is 1. The van der Waals surface area contributed by atoms with E-state index >= 15 is 0 Å². The van der Waals surface area contributed by atoms with Crippen molar-refractivity contribution in [3.8, 4) is 0 Å². The van der Waals surface area contributed by atoms with E-state index in [0.717, 1.165) is 40.7 Å². The smallest absolute Gasteiger partial charge is 0.255 e. The lowest BCUT2D eigenvalue weighted by Gasteiger charge is -2.21. The van der Waals surface area contributed by atoms with Crippen molar-refractivity contribution >= 4 is 22.6 Å². The molecule has 6 rings (SSSR count). The number of hydrogen-bond acceptors (Lipinski definition) is 5. The first-order chi connectivity index (χ1) is 21.1. The molecule has 1 amide bonds. The van der Waals surface area contributed by atoms with Crippen LogP contribution in [-0.2, 0) is 32.2 Å². The van der Waals surface area contributed by atoms with E-state index < -0.39 is 6.04 Å². The van der Waals surface area contributed by atoms with Crippen molar-refractivity contribution in [2.75, 3.05) is 5.73 Å². The van der Waals surface area contributed by atoms with Crippen LogP contribution in [0, 0.1) is 0 Å². The fourth-order valence-corrected chi connectivity index (χ4v) is 5.50. The molecule has 0 aliphatic rings. The Balaban J connectivity index is 1.39. The van der Waals surface area contributed by atoms with Crippen LogP contribution in [0.3, 0.4) is 0 Å². The van der Waals surface area contributed by atoms with Gasteiger partial charge in [-0.3, -0.25) is 4.79 Å². The van der Waals surface area contributed by atoms with E-state index in [0.29, 0.717) is 30.8 Å². The standard InChI is InChI=1S/C35H35N7O/c1-2-24-14-16-26(17-15-24)23-42-32(19-18-25-9-4-3-5-10-25)40-41-34(42)31(39-35(43)29-12-8-20-37-33(29)36)21-27-22-38-30-13-7-6-11-28(27)30/h3-17,20,22,31,38H,2,18-19,21,23H2,1H3,(H2,36,37)(H,39,43)/t31-/m1/s1. The molecule has 3 aromatic heterocycles. The lowest BCUT2D eigenvalue weighted by atomic mass is 10.0. The Kier molecular flexibility index (Phi) is 8.26. The summed E-state index contributed by atoms with van der Waals surface area (Å²) in [5, 5.41) is 13.8. The van der Waals surface area contributed by atoms with Crippen LogP contribution < -0.4 is 11.1 Å². The molecule has 0 radical (unpaired) electrons. The maximum absolute atomic E-state index is 13.6. The zero-order valence-electron chi connectivity index (χ0n) is 24.2. The average Bonchev–Trinajstić information content (AvgIpc) is 3.64. The van der Waals surface area contributed by atoms with Crippen molar-refractivity contribution in [2.24, 2.45) is 0 Å². The number of aromatic nitrogens is 5. The first-order valence-electron chi connectivity index (χ1n) is 14.7. The fourth-order valence-electron chi connectivity index (χ4n) is 5.50. The number of pyridine rings is 1. The number of amides is 1. The largest absolute Gasteiger partial charge is 0.383 e. The van der Waals surface area contributed by atoms with E-state index in [9.17, 15) is 4.79 Å². The molecule has 0 bridgehead atoms. The zero-order valence-corrected chi connectivity index (χ0v) is 24.2. The normalized spacial score (nSPS) is 11.9. The molecule has 6 aromatic rings. The molecular weight excluding hydrogens is 534 g/mol. The Labute approximate surface area is 251 Å². The number of para-hydroxylation sites is 1. The van der Waals surface area contributed by atoms with E-state index in [2.05, 4.69) is 86.5 Å². The molecule has 0 aliphatic heterocycles. The molecule has 0 spiro atoms. The van der Waals surface area contributed by atoms with Gasteiger partial charge in [-0.25, -0.2) is 4.98 Å². The molecule has 3 aromatic carbocycles. The van der Waals surface area contributed by atoms with Crippen LogP contribution in [0.2, 0.25) is 0 Å². The molecule has 0 saturated heterocycles. The summed E-state index contributed by atoms with van der Waals surface area (Å²) in [5.74, 6) is 1.45. The zero-order chi connectivity index (χ0) is 29.6. The number of aromatic amines is 1. The molecular formula is C35H35N7O. The third kappa shape index (κ3) is 6.33. The van der Waals surface area contributed by atoms with Crippen molar-refractivity contribution in [3.63, 3.8) is 0 Å². The van der Waals surface area contributed by atoms with Crippen LogP contribution in [0.15, 0.2) is 103 Å². The third-order valence-corrected chi connectivity index (χ3v) is 7.91. The van der Waals surface area contributed by atoms with Gasteiger partial charge in [0.1, 0.15) is 11.6 Å². The SMILES string of the molecule is CCc1ccc(Cn2c(CCc3ccccc3)nnc2[C@@H](Cc2c[nH]c3ccccc23)NC(=O)c2cccnc2N)cc1. The summed E-state index contributed by atoms with van der Waals surface area (Å²) in [5.41, 5.74) is 12.2. The van der Waals surface area contributed by atoms with Gasteiger partial charge in [0.25, 0.3) is 5.91 Å². The second kappa shape index (κ2) is 12.7. The third-order valence-electron chi connectivity index (χ3n) is 7.91. The molecule has 4 N–H and O–H groups in total. The summed E-state index contributed by atoms with van der Waals surface area (Å²) in [6, 6.07) is 30.1. The van der Waals surface area contributed by atoms with Crippen LogP contribution in [0.4, 0.5) is 5.82 Å². The summed E-state index contributed by atoms with van der Waals surface area (Å²) in [6.45, 7) is 2.74. The molecule has 0 aliphatic carbocycles. The maximum atomic E-state index is 13.6. The van der Waals surface area contributed by atoms with E-state index in [-0.39, 0.29) is 11.7 Å². The molecule has 3 heterocycles. The Morgan fingerprint density at radius 1 is 0.884 bits per heavy atom. The van der Waals surface area contributed by atoms with Gasteiger partial charge in [0.15, 0.2) is 5.82 Å². The predicted molar refractivity (Wildman–Crippen MR) is 170 cm³/mol. The van der Waals surface area contributed by atoms with Gasteiger partial charge in [0.05, 0.1) is 18.2 Å². The Morgan fingerprint density at radius 3 is 2.44 bits per heavy atom. The monoisotopic (exact) mass is 569 g/mol. The number of hydrogen-bond donors (Lipinski definition) is 3. The van der Waals surface area contributed by atoms with Crippen molar-refractivity contribution in [1.82, 2.24) is 30.0 Å². The van der Waals surface area contributed by atoms with Gasteiger partial charge in [0, 0.05) is 36.1 Å². The lowest BCUT2D eigenvalue weighted by Crippen LogP contribution is -2.33. The van der Waals surface area contributed by atoms with Crippen molar-refractivity contribution in [3.05, 3.63) is 143 Å². The Hall–Kier alpha value is -5.24. The molecule has 0 saturated carbocycles. The highest BCUT2D eigenvalue weighted by Crippen LogP contribution is 2.26. The number of fused-ring (bicyclic) bond motifs is 1. The van der Waals surface area contributed by atoms with Gasteiger partial charge < -0.3 is 20.6 Å². The molecule has 8 nitrogen and oxygen atoms in total. The second-order valence-corrected chi connectivity index (χ2v) is 10.7. The summed E-state index contributed by atoms with van der Waals surface area (Å²) >= 11 is 0. The Bertz CT molecular complexity index is 1820. The minimum Gasteiger partial charge on any atom is -0.383 e. The number of nitrogens with two attached hydrogens (primary N) is 1. The number of benzene rings is 3. The molecule has 1 atom stereocenters. The number of nitrogens with one attached hydrogen (secondary N) is 2. The minimum absolute atomic E-state index is 0.187. The number of carbonyl (C=O) groups excluding carboxylic acids is 1. The highest BCUT2D eigenvalue weighted by Gasteiger charge is 2.26. The predicted octanol–water partition coefficient (Wildman–Crippen LogP) is 5.85. The summed E-state index contributed by atoms with van der Waals surface area (Å²) in [6.07, 6.45) is 6.63. The van der Waals surface area contributed by atoms with Crippen LogP contribution in [0.1, 0.15) is 57.2 Å². The van der Waals surface area contributed by atoms with Gasteiger partial charge in [0.2, 0.25) is 0 Å². The molecule has 0 unspecified atom stereocenters. The van der Waals surface area contributed by atoms with Crippen molar-refractivity contribution < 1.29 is 4.79 Å². The molecule has 216 valence electrons. The van der Waals surface area contributed by atoms with E-state index in [1.165, 1.54) is 11.1 Å². The molecule has 0 fully saturated rings. The number of nitrogens with zero attached hydrogens (tertiary/aromatic N) is 4. The summed E-state index contributed by atoms with van der Waals surface area (Å²) in [4.78, 5) is 21.1. The Morgan fingerprint density at radius 2 is 1.65 bits per heavy atom. The van der Waals surface area contributed by atoms with Gasteiger partial charge >= 0.3 is 0 Å². The number of anilines is 1. The van der Waals surface area contributed by atoms with Crippen LogP contribution in [-0.4, -0.2) is 30.6 Å². The average molecular weight is 570 g/mol. The van der Waals surface area contributed by atoms with Gasteiger partial charge in [-0.2, -0.15) is 0 Å². The van der Waals surface area contributed by atoms with Crippen molar-refractivity contribution in [1.29, 1.82) is 0 Å². The van der Waals surface area contributed by atoms with E-state index in [1.807, 2.05) is 30.5 Å². The second-order valence-electron chi connectivity index (χ2n) is 10.7. The highest BCUT2D eigenvalue weighted by atomic mass is 16.1. The fraction of sp³-hybridized carbons (Fsp3) is 0.200. The number of H-pyrrole nitrogens is 1. The van der Waals surface area contributed by atoms with Gasteiger partial charge in [-0.1, -0.05) is 79.7 Å². The summed E-state index contributed by atoms with van der Waals surface area (Å²) < 4.78 is 2.16. The first kappa shape index (κ1) is 27.9. The van der Waals surface area contributed by atoms with E-state index in [1.54, 1.807) is 18.3 Å². The topological polar surface area (TPSA) is 115 Å². The number of aryl methyl sites for hydroxylation is 3. The maximum Gasteiger partial charge on any atom is 0.255 e. The minimum atomic E-state index is -0.473.